The Labute approximate surface area is 200 Å². The number of aromatic amines is 1. The van der Waals surface area contributed by atoms with E-state index in [1.54, 1.807) is 11.3 Å². The predicted molar refractivity (Wildman–Crippen MR) is 147 cm³/mol. The van der Waals surface area contributed by atoms with Crippen LogP contribution >= 0.6 is 11.3 Å². The molecule has 2 aromatic heterocycles. The summed E-state index contributed by atoms with van der Waals surface area (Å²) in [4.78, 5) is 15.6. The smallest absolute Gasteiger partial charge is 0.195 e. The van der Waals surface area contributed by atoms with Gasteiger partial charge in [-0.25, -0.2) is 0 Å². The van der Waals surface area contributed by atoms with Crippen LogP contribution < -0.4 is 5.43 Å². The van der Waals surface area contributed by atoms with E-state index < -0.39 is 0 Å². The van der Waals surface area contributed by atoms with E-state index in [2.05, 4.69) is 77.8 Å². The molecule has 162 valence electrons. The molecule has 0 amide bonds. The van der Waals surface area contributed by atoms with Crippen molar-refractivity contribution in [2.24, 2.45) is 0 Å². The van der Waals surface area contributed by atoms with Crippen molar-refractivity contribution in [3.63, 3.8) is 0 Å². The van der Waals surface area contributed by atoms with Crippen LogP contribution in [0.25, 0.3) is 53.1 Å². The van der Waals surface area contributed by atoms with E-state index in [4.69, 9.17) is 0 Å². The van der Waals surface area contributed by atoms with E-state index in [1.165, 1.54) is 32.9 Å². The fourth-order valence-electron chi connectivity index (χ4n) is 4.48. The number of hydrogen-bond acceptors (Lipinski definition) is 2. The van der Waals surface area contributed by atoms with Crippen molar-refractivity contribution >= 4 is 53.3 Å². The van der Waals surface area contributed by atoms with Crippen LogP contribution in [-0.4, -0.2) is 4.98 Å². The average molecular weight is 456 g/mol. The fourth-order valence-corrected chi connectivity index (χ4v) is 5.55. The highest BCUT2D eigenvalue weighted by atomic mass is 32.1. The minimum atomic E-state index is 0.139. The molecular formula is C31H21NOS. The van der Waals surface area contributed by atoms with Crippen molar-refractivity contribution in [3.05, 3.63) is 132 Å². The van der Waals surface area contributed by atoms with Crippen LogP contribution in [0.15, 0.2) is 126 Å². The van der Waals surface area contributed by atoms with Gasteiger partial charge in [0.1, 0.15) is 0 Å². The van der Waals surface area contributed by atoms with Gasteiger partial charge in [-0.05, 0) is 35.9 Å². The summed E-state index contributed by atoms with van der Waals surface area (Å²) in [5, 5.41) is 4.22. The summed E-state index contributed by atoms with van der Waals surface area (Å²) in [5.74, 6) is 0. The third kappa shape index (κ3) is 3.57. The molecule has 2 nitrogen and oxygen atoms in total. The Morgan fingerprint density at radius 2 is 1.06 bits per heavy atom. The van der Waals surface area contributed by atoms with Crippen LogP contribution in [0.3, 0.4) is 0 Å². The number of hydrogen-bond donors (Lipinski definition) is 1. The lowest BCUT2D eigenvalue weighted by Crippen LogP contribution is -1.99. The molecule has 3 heteroatoms. The number of rotatable bonds is 1. The maximum absolute atomic E-state index is 12.1. The van der Waals surface area contributed by atoms with Crippen LogP contribution in [0.5, 0.6) is 0 Å². The van der Waals surface area contributed by atoms with E-state index in [1.807, 2.05) is 48.5 Å². The lowest BCUT2D eigenvalue weighted by Gasteiger charge is -2.03. The van der Waals surface area contributed by atoms with Gasteiger partial charge in [0.15, 0.2) is 5.43 Å². The van der Waals surface area contributed by atoms with Crippen LogP contribution in [-0.2, 0) is 0 Å². The van der Waals surface area contributed by atoms with Gasteiger partial charge in [-0.3, -0.25) is 4.79 Å². The molecule has 0 saturated heterocycles. The molecule has 0 aliphatic carbocycles. The molecule has 0 aliphatic heterocycles. The summed E-state index contributed by atoms with van der Waals surface area (Å²) in [5.41, 5.74) is 5.06. The quantitative estimate of drug-likeness (QED) is 0.248. The Balaban J connectivity index is 0.000000132. The first-order valence-corrected chi connectivity index (χ1v) is 12.1. The highest BCUT2D eigenvalue weighted by Crippen LogP contribution is 2.32. The Morgan fingerprint density at radius 1 is 0.500 bits per heavy atom. The number of aromatic nitrogens is 1. The molecule has 7 rings (SSSR count). The van der Waals surface area contributed by atoms with Gasteiger partial charge in [0.25, 0.3) is 0 Å². The zero-order chi connectivity index (χ0) is 22.9. The van der Waals surface area contributed by atoms with Crippen molar-refractivity contribution in [2.75, 3.05) is 0 Å². The molecule has 7 aromatic rings. The maximum atomic E-state index is 12.1. The first-order chi connectivity index (χ1) is 16.8. The molecule has 0 fully saturated rings. The minimum absolute atomic E-state index is 0.139. The first-order valence-electron chi connectivity index (χ1n) is 11.2. The molecule has 0 bridgehead atoms. The van der Waals surface area contributed by atoms with E-state index >= 15 is 0 Å². The third-order valence-corrected chi connectivity index (χ3v) is 7.26. The fraction of sp³-hybridized carbons (Fsp3) is 0. The summed E-state index contributed by atoms with van der Waals surface area (Å²) in [7, 11) is 0. The Bertz CT molecular complexity index is 1770. The molecule has 2 heterocycles. The summed E-state index contributed by atoms with van der Waals surface area (Å²) in [6.07, 6.45) is 0. The summed E-state index contributed by atoms with van der Waals surface area (Å²) >= 11 is 1.67. The second-order valence-corrected chi connectivity index (χ2v) is 9.27. The zero-order valence-electron chi connectivity index (χ0n) is 18.4. The first kappa shape index (κ1) is 20.4. The van der Waals surface area contributed by atoms with Crippen molar-refractivity contribution in [1.29, 1.82) is 0 Å². The normalized spacial score (nSPS) is 11.1. The summed E-state index contributed by atoms with van der Waals surface area (Å²) < 4.78 is 2.11. The lowest BCUT2D eigenvalue weighted by molar-refractivity contribution is 1.53. The number of fused-ring (bicyclic) bond motifs is 5. The standard InChI is InChI=1S/C18H13N.C13H8OS/c1-2-7-13(8-3-1)14-10-6-11-16-15-9-4-5-12-17(15)19-18(14)16;14-13-9-5-1-3-7-11(9)15-12-8-4-2-6-10(12)13/h1-12,19H;1-8H. The van der Waals surface area contributed by atoms with Gasteiger partial charge in [0.05, 0.1) is 5.52 Å². The van der Waals surface area contributed by atoms with Crippen molar-refractivity contribution in [2.45, 2.75) is 0 Å². The molecule has 5 aromatic carbocycles. The SMILES string of the molecule is O=c1c2ccccc2sc2ccccc12.c1ccc(-c2cccc3c2[nH]c2ccccc23)cc1. The second-order valence-electron chi connectivity index (χ2n) is 8.19. The lowest BCUT2D eigenvalue weighted by atomic mass is 10.0. The van der Waals surface area contributed by atoms with Gasteiger partial charge in [-0.1, -0.05) is 91.0 Å². The van der Waals surface area contributed by atoms with E-state index in [0.29, 0.717) is 0 Å². The van der Waals surface area contributed by atoms with Crippen LogP contribution in [0.4, 0.5) is 0 Å². The molecule has 0 atom stereocenters. The zero-order valence-corrected chi connectivity index (χ0v) is 19.2. The second kappa shape index (κ2) is 8.62. The van der Waals surface area contributed by atoms with Crippen LogP contribution in [0.1, 0.15) is 0 Å². The molecule has 0 aliphatic rings. The van der Waals surface area contributed by atoms with Gasteiger partial charge in [0, 0.05) is 42.0 Å². The molecule has 0 saturated carbocycles. The molecule has 0 spiro atoms. The Kier molecular flexibility index (Phi) is 5.17. The van der Waals surface area contributed by atoms with Gasteiger partial charge in [0.2, 0.25) is 0 Å². The number of H-pyrrole nitrogens is 1. The minimum Gasteiger partial charge on any atom is -0.354 e. The molecule has 0 unspecified atom stereocenters. The number of nitrogens with one attached hydrogen (secondary N) is 1. The van der Waals surface area contributed by atoms with Crippen LogP contribution in [0.2, 0.25) is 0 Å². The highest BCUT2D eigenvalue weighted by molar-refractivity contribution is 7.24. The van der Waals surface area contributed by atoms with E-state index in [0.717, 1.165) is 20.2 Å². The molecular weight excluding hydrogens is 434 g/mol. The van der Waals surface area contributed by atoms with Gasteiger partial charge in [-0.2, -0.15) is 0 Å². The molecule has 1 N–H and O–H groups in total. The highest BCUT2D eigenvalue weighted by Gasteiger charge is 2.08. The predicted octanol–water partition coefficient (Wildman–Crippen LogP) is 8.40. The monoisotopic (exact) mass is 455 g/mol. The number of benzene rings is 5. The van der Waals surface area contributed by atoms with Crippen molar-refractivity contribution < 1.29 is 0 Å². The largest absolute Gasteiger partial charge is 0.354 e. The molecule has 0 radical (unpaired) electrons. The van der Waals surface area contributed by atoms with E-state index in [-0.39, 0.29) is 5.43 Å². The Morgan fingerprint density at radius 3 is 1.76 bits per heavy atom. The molecule has 34 heavy (non-hydrogen) atoms. The summed E-state index contributed by atoms with van der Waals surface area (Å²) in [6, 6.07) is 41.0. The van der Waals surface area contributed by atoms with Crippen molar-refractivity contribution in [3.8, 4) is 11.1 Å². The maximum Gasteiger partial charge on any atom is 0.195 e. The van der Waals surface area contributed by atoms with E-state index in [9.17, 15) is 4.79 Å². The summed E-state index contributed by atoms with van der Waals surface area (Å²) in [6.45, 7) is 0. The van der Waals surface area contributed by atoms with Crippen LogP contribution in [0, 0.1) is 0 Å². The van der Waals surface area contributed by atoms with Gasteiger partial charge >= 0.3 is 0 Å². The van der Waals surface area contributed by atoms with Crippen molar-refractivity contribution in [1.82, 2.24) is 4.98 Å². The topological polar surface area (TPSA) is 32.9 Å². The Hall–Kier alpha value is -4.21. The van der Waals surface area contributed by atoms with Gasteiger partial charge in [-0.15, -0.1) is 11.3 Å². The van der Waals surface area contributed by atoms with Gasteiger partial charge < -0.3 is 4.98 Å². The average Bonchev–Trinajstić information content (AvgIpc) is 3.29. The third-order valence-electron chi connectivity index (χ3n) is 6.11. The number of para-hydroxylation sites is 2.